The summed E-state index contributed by atoms with van der Waals surface area (Å²) in [6.07, 6.45) is 6.28. The SMILES string of the molecule is CCCCCCc1ccc(O[B]O)cc1. The molecule has 0 aliphatic rings. The first-order valence-corrected chi connectivity index (χ1v) is 5.58. The van der Waals surface area contributed by atoms with Crippen molar-refractivity contribution in [1.82, 2.24) is 0 Å². The van der Waals surface area contributed by atoms with Gasteiger partial charge in [-0.2, -0.15) is 0 Å². The number of rotatable bonds is 7. The zero-order valence-electron chi connectivity index (χ0n) is 9.28. The van der Waals surface area contributed by atoms with E-state index in [0.29, 0.717) is 13.4 Å². The molecule has 0 aliphatic heterocycles. The highest BCUT2D eigenvalue weighted by Gasteiger charge is 1.96. The van der Waals surface area contributed by atoms with Crippen molar-refractivity contribution in [3.05, 3.63) is 29.8 Å². The van der Waals surface area contributed by atoms with Crippen molar-refractivity contribution in [1.29, 1.82) is 0 Å². The molecule has 2 nitrogen and oxygen atoms in total. The van der Waals surface area contributed by atoms with Gasteiger partial charge in [-0.1, -0.05) is 38.3 Å². The monoisotopic (exact) mass is 205 g/mol. The standard InChI is InChI=1S/C12H18BO2/c1-2-3-4-5-6-11-7-9-12(10-8-11)15-13-14/h7-10,14H,2-6H2,1H3. The van der Waals surface area contributed by atoms with Crippen LogP contribution >= 0.6 is 0 Å². The lowest BCUT2D eigenvalue weighted by atomic mass is 10.1. The van der Waals surface area contributed by atoms with E-state index in [-0.39, 0.29) is 0 Å². The van der Waals surface area contributed by atoms with Gasteiger partial charge in [0.2, 0.25) is 0 Å². The van der Waals surface area contributed by atoms with Gasteiger partial charge < -0.3 is 9.68 Å². The maximum absolute atomic E-state index is 8.44. The van der Waals surface area contributed by atoms with E-state index in [1.807, 2.05) is 24.3 Å². The molecule has 0 aliphatic carbocycles. The molecular weight excluding hydrogens is 187 g/mol. The second-order valence-electron chi connectivity index (χ2n) is 3.68. The summed E-state index contributed by atoms with van der Waals surface area (Å²) >= 11 is 0. The summed E-state index contributed by atoms with van der Waals surface area (Å²) in [6, 6.07) is 7.85. The highest BCUT2D eigenvalue weighted by atomic mass is 16.5. The molecule has 81 valence electrons. The molecule has 0 heterocycles. The van der Waals surface area contributed by atoms with Crippen LogP contribution in [0.25, 0.3) is 0 Å². The Balaban J connectivity index is 2.29. The number of benzene rings is 1. The summed E-state index contributed by atoms with van der Waals surface area (Å²) < 4.78 is 4.83. The molecule has 1 rings (SSSR count). The highest BCUT2D eigenvalue weighted by molar-refractivity contribution is 6.17. The summed E-state index contributed by atoms with van der Waals surface area (Å²) in [5.41, 5.74) is 1.33. The van der Waals surface area contributed by atoms with Gasteiger partial charge in [-0.3, -0.25) is 0 Å². The summed E-state index contributed by atoms with van der Waals surface area (Å²) in [6.45, 7) is 2.22. The van der Waals surface area contributed by atoms with Crippen molar-refractivity contribution in [2.75, 3.05) is 0 Å². The first-order valence-electron chi connectivity index (χ1n) is 5.58. The minimum Gasteiger partial charge on any atom is -0.537 e. The Hall–Kier alpha value is -0.955. The van der Waals surface area contributed by atoms with E-state index in [1.165, 1.54) is 31.2 Å². The second-order valence-corrected chi connectivity index (χ2v) is 3.68. The summed E-state index contributed by atoms with van der Waals surface area (Å²) in [7, 11) is 0.705. The minimum atomic E-state index is 0.676. The number of aryl methyl sites for hydroxylation is 1. The molecule has 3 heteroatoms. The van der Waals surface area contributed by atoms with Crippen molar-refractivity contribution in [3.8, 4) is 5.75 Å². The van der Waals surface area contributed by atoms with Gasteiger partial charge in [-0.15, -0.1) is 0 Å². The van der Waals surface area contributed by atoms with E-state index in [4.69, 9.17) is 9.68 Å². The maximum atomic E-state index is 8.44. The molecule has 1 N–H and O–H groups in total. The van der Waals surface area contributed by atoms with Crippen molar-refractivity contribution < 1.29 is 9.68 Å². The van der Waals surface area contributed by atoms with E-state index in [2.05, 4.69) is 6.92 Å². The molecule has 0 atom stereocenters. The lowest BCUT2D eigenvalue weighted by Crippen LogP contribution is -1.99. The van der Waals surface area contributed by atoms with Gasteiger partial charge in [-0.25, -0.2) is 0 Å². The van der Waals surface area contributed by atoms with Gasteiger partial charge in [-0.05, 0) is 30.5 Å². The van der Waals surface area contributed by atoms with Gasteiger partial charge in [0.15, 0.2) is 0 Å². The quantitative estimate of drug-likeness (QED) is 0.547. The summed E-state index contributed by atoms with van der Waals surface area (Å²) in [5.74, 6) is 0.676. The van der Waals surface area contributed by atoms with E-state index < -0.39 is 0 Å². The van der Waals surface area contributed by atoms with E-state index >= 15 is 0 Å². The predicted octanol–water partition coefficient (Wildman–Crippen LogP) is 2.71. The van der Waals surface area contributed by atoms with Gasteiger partial charge in [0.05, 0.1) is 5.75 Å². The lowest BCUT2D eigenvalue weighted by Gasteiger charge is -2.04. The number of hydrogen-bond donors (Lipinski definition) is 1. The highest BCUT2D eigenvalue weighted by Crippen LogP contribution is 2.13. The van der Waals surface area contributed by atoms with Crippen molar-refractivity contribution >= 4 is 7.69 Å². The van der Waals surface area contributed by atoms with Crippen LogP contribution in [-0.2, 0) is 6.42 Å². The van der Waals surface area contributed by atoms with Crippen LogP contribution < -0.4 is 4.65 Å². The number of unbranched alkanes of at least 4 members (excludes halogenated alkanes) is 3. The Labute approximate surface area is 92.6 Å². The van der Waals surface area contributed by atoms with Crippen LogP contribution in [0.5, 0.6) is 5.75 Å². The Bertz CT molecular complexity index is 259. The van der Waals surface area contributed by atoms with E-state index in [1.54, 1.807) is 0 Å². The molecule has 0 unspecified atom stereocenters. The van der Waals surface area contributed by atoms with Gasteiger partial charge >= 0.3 is 7.69 Å². The maximum Gasteiger partial charge on any atom is 0.569 e. The molecule has 0 fully saturated rings. The fourth-order valence-corrected chi connectivity index (χ4v) is 1.55. The van der Waals surface area contributed by atoms with Crippen LogP contribution in [0.15, 0.2) is 24.3 Å². The van der Waals surface area contributed by atoms with Crippen molar-refractivity contribution in [2.24, 2.45) is 0 Å². The largest absolute Gasteiger partial charge is 0.569 e. The molecule has 0 saturated carbocycles. The van der Waals surface area contributed by atoms with Crippen molar-refractivity contribution in [3.63, 3.8) is 0 Å². The van der Waals surface area contributed by atoms with Crippen LogP contribution in [0, 0.1) is 0 Å². The van der Waals surface area contributed by atoms with Crippen LogP contribution in [0.3, 0.4) is 0 Å². The van der Waals surface area contributed by atoms with Crippen molar-refractivity contribution in [2.45, 2.75) is 39.0 Å². The smallest absolute Gasteiger partial charge is 0.537 e. The average Bonchev–Trinajstić information content (AvgIpc) is 2.27. The van der Waals surface area contributed by atoms with Gasteiger partial charge in [0, 0.05) is 0 Å². The fraction of sp³-hybridized carbons (Fsp3) is 0.500. The fourth-order valence-electron chi connectivity index (χ4n) is 1.55. The topological polar surface area (TPSA) is 29.5 Å². The third-order valence-electron chi connectivity index (χ3n) is 2.43. The third-order valence-corrected chi connectivity index (χ3v) is 2.43. The molecule has 0 spiro atoms. The van der Waals surface area contributed by atoms with Gasteiger partial charge in [0.1, 0.15) is 0 Å². The van der Waals surface area contributed by atoms with Crippen LogP contribution in [0.2, 0.25) is 0 Å². The summed E-state index contributed by atoms with van der Waals surface area (Å²) in [5, 5.41) is 8.44. The third kappa shape index (κ3) is 4.89. The molecule has 0 amide bonds. The second kappa shape index (κ2) is 7.35. The molecule has 0 saturated heterocycles. The predicted molar refractivity (Wildman–Crippen MR) is 62.9 cm³/mol. The molecule has 1 radical (unpaired) electrons. The molecule has 0 aromatic heterocycles. The van der Waals surface area contributed by atoms with Gasteiger partial charge in [0.25, 0.3) is 0 Å². The molecular formula is C12H18BO2. The van der Waals surface area contributed by atoms with Crippen LogP contribution in [0.4, 0.5) is 0 Å². The first kappa shape index (κ1) is 12.1. The van der Waals surface area contributed by atoms with E-state index in [9.17, 15) is 0 Å². The first-order chi connectivity index (χ1) is 7.36. The average molecular weight is 205 g/mol. The Kier molecular flexibility index (Phi) is 5.94. The Morgan fingerprint density at radius 1 is 1.13 bits per heavy atom. The number of hydrogen-bond acceptors (Lipinski definition) is 2. The molecule has 1 aromatic carbocycles. The summed E-state index contributed by atoms with van der Waals surface area (Å²) in [4.78, 5) is 0. The normalized spacial score (nSPS) is 10.0. The molecule has 1 aromatic rings. The van der Waals surface area contributed by atoms with E-state index in [0.717, 1.165) is 6.42 Å². The minimum absolute atomic E-state index is 0.676. The van der Waals surface area contributed by atoms with Crippen LogP contribution in [-0.4, -0.2) is 12.7 Å². The zero-order chi connectivity index (χ0) is 10.9. The molecule has 0 bridgehead atoms. The lowest BCUT2D eigenvalue weighted by molar-refractivity contribution is 0.453. The Morgan fingerprint density at radius 3 is 2.47 bits per heavy atom. The zero-order valence-corrected chi connectivity index (χ0v) is 9.28. The molecule has 15 heavy (non-hydrogen) atoms. The van der Waals surface area contributed by atoms with Crippen LogP contribution in [0.1, 0.15) is 38.2 Å². The Morgan fingerprint density at radius 2 is 1.87 bits per heavy atom.